The number of aromatic nitrogens is 3. The summed E-state index contributed by atoms with van der Waals surface area (Å²) in [6.07, 6.45) is 7.97. The van der Waals surface area contributed by atoms with Crippen LogP contribution in [0.5, 0.6) is 0 Å². The average molecular weight is 456 g/mol. The first-order valence-corrected chi connectivity index (χ1v) is 11.5. The molecule has 0 N–H and O–H groups in total. The molecule has 4 aromatic rings. The van der Waals surface area contributed by atoms with E-state index in [4.69, 9.17) is 19.9 Å². The van der Waals surface area contributed by atoms with Crippen molar-refractivity contribution in [2.45, 2.75) is 0 Å². The van der Waals surface area contributed by atoms with Crippen LogP contribution in [0.1, 0.15) is 5.56 Å². The fourth-order valence-electron chi connectivity index (χ4n) is 3.87. The number of amidine groups is 1. The summed E-state index contributed by atoms with van der Waals surface area (Å²) in [6.45, 7) is 4.77. The van der Waals surface area contributed by atoms with Gasteiger partial charge in [-0.25, -0.2) is 15.0 Å². The van der Waals surface area contributed by atoms with Crippen molar-refractivity contribution >= 4 is 5.84 Å². The second kappa shape index (κ2) is 10.1. The third kappa shape index (κ3) is 4.84. The van der Waals surface area contributed by atoms with E-state index in [1.807, 2.05) is 115 Å². The van der Waals surface area contributed by atoms with Crippen molar-refractivity contribution in [2.24, 2.45) is 4.99 Å². The number of hydrogen-bond donors (Lipinski definition) is 0. The van der Waals surface area contributed by atoms with Crippen LogP contribution in [0.2, 0.25) is 0 Å². The van der Waals surface area contributed by atoms with Gasteiger partial charge in [0.15, 0.2) is 17.5 Å². The van der Waals surface area contributed by atoms with Gasteiger partial charge in [-0.15, -0.1) is 0 Å². The van der Waals surface area contributed by atoms with E-state index in [0.29, 0.717) is 24.0 Å². The molecule has 0 amide bonds. The predicted octanol–water partition coefficient (Wildman–Crippen LogP) is 6.19. The molecule has 170 valence electrons. The highest BCUT2D eigenvalue weighted by molar-refractivity contribution is 6.05. The number of likely N-dealkylation sites (N-methyl/N-ethyl adjacent to an activating group) is 1. The molecule has 5 nitrogen and oxygen atoms in total. The number of allylic oxidation sites excluding steroid dienone is 3. The van der Waals surface area contributed by atoms with Gasteiger partial charge in [0.1, 0.15) is 5.84 Å². The van der Waals surface area contributed by atoms with Gasteiger partial charge >= 0.3 is 0 Å². The van der Waals surface area contributed by atoms with Crippen LogP contribution < -0.4 is 0 Å². The van der Waals surface area contributed by atoms with Crippen LogP contribution in [0.25, 0.3) is 34.2 Å². The first kappa shape index (κ1) is 22.2. The number of nitrogens with zero attached hydrogens (tertiary/aromatic N) is 5. The summed E-state index contributed by atoms with van der Waals surface area (Å²) >= 11 is 0. The summed E-state index contributed by atoms with van der Waals surface area (Å²) in [4.78, 5) is 21.5. The molecular formula is C30H25N5. The van der Waals surface area contributed by atoms with Gasteiger partial charge in [-0.2, -0.15) is 0 Å². The smallest absolute Gasteiger partial charge is 0.164 e. The van der Waals surface area contributed by atoms with Crippen LogP contribution in [0.3, 0.4) is 0 Å². The van der Waals surface area contributed by atoms with Gasteiger partial charge in [0.2, 0.25) is 0 Å². The van der Waals surface area contributed by atoms with Crippen LogP contribution in [-0.4, -0.2) is 39.3 Å². The van der Waals surface area contributed by atoms with Gasteiger partial charge < -0.3 is 4.90 Å². The Hall–Kier alpha value is -4.64. The van der Waals surface area contributed by atoms with Crippen LogP contribution in [0.4, 0.5) is 0 Å². The van der Waals surface area contributed by atoms with Gasteiger partial charge in [0, 0.05) is 35.0 Å². The molecule has 5 heteroatoms. The molecule has 0 saturated carbocycles. The van der Waals surface area contributed by atoms with Crippen LogP contribution >= 0.6 is 0 Å². The Morgan fingerprint density at radius 2 is 1.20 bits per heavy atom. The molecule has 0 radical (unpaired) electrons. The molecule has 1 aliphatic rings. The summed E-state index contributed by atoms with van der Waals surface area (Å²) in [7, 11) is 1.98. The van der Waals surface area contributed by atoms with Crippen molar-refractivity contribution in [3.63, 3.8) is 0 Å². The zero-order valence-electron chi connectivity index (χ0n) is 19.5. The molecular weight excluding hydrogens is 430 g/mol. The number of aliphatic imine (C=N–C) groups is 1. The van der Waals surface area contributed by atoms with E-state index in [9.17, 15) is 0 Å². The summed E-state index contributed by atoms with van der Waals surface area (Å²) in [5.41, 5.74) is 4.53. The van der Waals surface area contributed by atoms with Gasteiger partial charge in [-0.1, -0.05) is 110 Å². The highest BCUT2D eigenvalue weighted by Crippen LogP contribution is 2.28. The third-order valence-corrected chi connectivity index (χ3v) is 5.74. The van der Waals surface area contributed by atoms with Crippen molar-refractivity contribution < 1.29 is 0 Å². The normalized spacial score (nSPS) is 15.5. The Morgan fingerprint density at radius 3 is 1.83 bits per heavy atom. The standard InChI is InChI=1S/C30H25N5/c1-22-14-6-5-13-21-31-30(35(22)2)26-20-12-11-19-25(26)29-33-27(23-15-7-3-8-16-23)32-28(34-29)24-17-9-4-10-18-24/h3-20H,1,21H2,2H3/b13-5-,14-6-,31-30?. The molecule has 0 bridgehead atoms. The zero-order valence-corrected chi connectivity index (χ0v) is 19.5. The van der Waals surface area contributed by atoms with E-state index in [0.717, 1.165) is 33.8 Å². The maximum absolute atomic E-state index is 4.91. The zero-order chi connectivity index (χ0) is 24.0. The molecule has 3 aromatic carbocycles. The van der Waals surface area contributed by atoms with Crippen molar-refractivity contribution in [3.05, 3.63) is 127 Å². The summed E-state index contributed by atoms with van der Waals surface area (Å²) in [5, 5.41) is 0. The molecule has 0 fully saturated rings. The van der Waals surface area contributed by atoms with Gasteiger partial charge in [0.25, 0.3) is 0 Å². The Kier molecular flexibility index (Phi) is 6.39. The minimum absolute atomic E-state index is 0.563. The number of benzene rings is 3. The molecule has 1 aromatic heterocycles. The number of hydrogen-bond acceptors (Lipinski definition) is 5. The van der Waals surface area contributed by atoms with Crippen molar-refractivity contribution in [3.8, 4) is 34.2 Å². The third-order valence-electron chi connectivity index (χ3n) is 5.74. The summed E-state index contributed by atoms with van der Waals surface area (Å²) in [6, 6.07) is 28.1. The lowest BCUT2D eigenvalue weighted by molar-refractivity contribution is 0.649. The fraction of sp³-hybridized carbons (Fsp3) is 0.0667. The molecule has 5 rings (SSSR count). The maximum Gasteiger partial charge on any atom is 0.164 e. The Morgan fingerprint density at radius 1 is 0.657 bits per heavy atom. The molecule has 35 heavy (non-hydrogen) atoms. The maximum atomic E-state index is 4.91. The van der Waals surface area contributed by atoms with Crippen LogP contribution in [-0.2, 0) is 0 Å². The second-order valence-corrected chi connectivity index (χ2v) is 8.09. The van der Waals surface area contributed by atoms with E-state index < -0.39 is 0 Å². The lowest BCUT2D eigenvalue weighted by Crippen LogP contribution is -2.27. The van der Waals surface area contributed by atoms with E-state index in [1.54, 1.807) is 0 Å². The largest absolute Gasteiger partial charge is 0.330 e. The predicted molar refractivity (Wildman–Crippen MR) is 143 cm³/mol. The van der Waals surface area contributed by atoms with Crippen molar-refractivity contribution in [1.29, 1.82) is 0 Å². The molecule has 2 heterocycles. The average Bonchev–Trinajstić information content (AvgIpc) is 3.00. The highest BCUT2D eigenvalue weighted by Gasteiger charge is 2.19. The summed E-state index contributed by atoms with van der Waals surface area (Å²) in [5.74, 6) is 2.67. The quantitative estimate of drug-likeness (QED) is 0.368. The van der Waals surface area contributed by atoms with Gasteiger partial charge in [-0.3, -0.25) is 4.99 Å². The van der Waals surface area contributed by atoms with E-state index in [2.05, 4.69) is 12.6 Å². The topological polar surface area (TPSA) is 54.3 Å². The van der Waals surface area contributed by atoms with Crippen molar-refractivity contribution in [1.82, 2.24) is 19.9 Å². The molecule has 0 aliphatic carbocycles. The SMILES string of the molecule is C=C1/C=C\C=C/CN=C(c2ccccc2-c2nc(-c3ccccc3)nc(-c3ccccc3)n2)N1C. The molecule has 0 unspecified atom stereocenters. The van der Waals surface area contributed by atoms with Crippen LogP contribution in [0, 0.1) is 0 Å². The Balaban J connectivity index is 1.70. The minimum atomic E-state index is 0.563. The molecule has 0 atom stereocenters. The van der Waals surface area contributed by atoms with E-state index in [1.165, 1.54) is 0 Å². The van der Waals surface area contributed by atoms with Crippen molar-refractivity contribution in [2.75, 3.05) is 13.6 Å². The van der Waals surface area contributed by atoms with Gasteiger partial charge in [-0.05, 0) is 6.08 Å². The number of rotatable bonds is 4. The first-order chi connectivity index (χ1) is 17.2. The monoisotopic (exact) mass is 455 g/mol. The molecule has 0 spiro atoms. The first-order valence-electron chi connectivity index (χ1n) is 11.5. The fourth-order valence-corrected chi connectivity index (χ4v) is 3.87. The lowest BCUT2D eigenvalue weighted by atomic mass is 10.0. The second-order valence-electron chi connectivity index (χ2n) is 8.09. The Bertz CT molecular complexity index is 1380. The lowest BCUT2D eigenvalue weighted by Gasteiger charge is -2.23. The minimum Gasteiger partial charge on any atom is -0.330 e. The summed E-state index contributed by atoms with van der Waals surface area (Å²) < 4.78 is 0. The highest BCUT2D eigenvalue weighted by atomic mass is 15.2. The van der Waals surface area contributed by atoms with Gasteiger partial charge in [0.05, 0.1) is 6.54 Å². The van der Waals surface area contributed by atoms with E-state index >= 15 is 0 Å². The van der Waals surface area contributed by atoms with E-state index in [-0.39, 0.29) is 0 Å². The molecule has 1 aliphatic heterocycles. The van der Waals surface area contributed by atoms with Crippen LogP contribution in [0.15, 0.2) is 127 Å². The molecule has 0 saturated heterocycles. The Labute approximate surface area is 205 Å².